The van der Waals surface area contributed by atoms with Crippen molar-refractivity contribution in [2.75, 3.05) is 32.5 Å². The zero-order valence-corrected chi connectivity index (χ0v) is 14.4. The van der Waals surface area contributed by atoms with Crippen LogP contribution in [0.2, 0.25) is 0 Å². The number of carbonyl (C=O) groups excluding carboxylic acids is 2. The third kappa shape index (κ3) is 4.47. The van der Waals surface area contributed by atoms with Gasteiger partial charge in [0.1, 0.15) is 5.82 Å². The standard InChI is InChI=1S/C16H17F4N3O4/c1-22(2)13(24)9-5-8(3-4-12(9)17)21-15(27)23-6-10(14(25)26)11(7-23)16(18,19)20/h3-5,10-11H,6-7H2,1-2H3,(H,21,27)(H,25,26)/t10-,11-/m1/s1. The molecule has 1 fully saturated rings. The molecular weight excluding hydrogens is 374 g/mol. The average Bonchev–Trinajstić information content (AvgIpc) is 3.02. The predicted molar refractivity (Wildman–Crippen MR) is 85.7 cm³/mol. The zero-order valence-electron chi connectivity index (χ0n) is 14.4. The minimum absolute atomic E-state index is 0.00562. The average molecular weight is 391 g/mol. The molecule has 2 rings (SSSR count). The smallest absolute Gasteiger partial charge is 0.394 e. The number of carbonyl (C=O) groups is 3. The zero-order chi connectivity index (χ0) is 20.5. The number of amides is 3. The highest BCUT2D eigenvalue weighted by atomic mass is 19.4. The second kappa shape index (κ2) is 7.41. The van der Waals surface area contributed by atoms with Gasteiger partial charge in [-0.3, -0.25) is 9.59 Å². The SMILES string of the molecule is CN(C)C(=O)c1cc(NC(=O)N2C[C@@H](C(F)(F)F)[C@H](C(=O)O)C2)ccc1F. The molecule has 0 bridgehead atoms. The van der Waals surface area contributed by atoms with Gasteiger partial charge < -0.3 is 20.2 Å². The normalized spacial score (nSPS) is 19.7. The molecule has 0 aromatic heterocycles. The number of carboxylic acids is 1. The monoisotopic (exact) mass is 391 g/mol. The van der Waals surface area contributed by atoms with Crippen molar-refractivity contribution in [1.82, 2.24) is 9.80 Å². The summed E-state index contributed by atoms with van der Waals surface area (Å²) in [7, 11) is 2.81. The lowest BCUT2D eigenvalue weighted by Crippen LogP contribution is -2.35. The van der Waals surface area contributed by atoms with Crippen molar-refractivity contribution in [2.45, 2.75) is 6.18 Å². The van der Waals surface area contributed by atoms with E-state index in [1.165, 1.54) is 14.1 Å². The minimum atomic E-state index is -4.76. The summed E-state index contributed by atoms with van der Waals surface area (Å²) < 4.78 is 52.8. The molecule has 1 heterocycles. The molecule has 27 heavy (non-hydrogen) atoms. The molecule has 0 aliphatic carbocycles. The molecule has 2 atom stereocenters. The Morgan fingerprint density at radius 2 is 1.85 bits per heavy atom. The second-order valence-corrected chi connectivity index (χ2v) is 6.32. The molecule has 1 saturated heterocycles. The van der Waals surface area contributed by atoms with E-state index in [9.17, 15) is 31.9 Å². The maximum Gasteiger partial charge on any atom is 0.394 e. The molecule has 1 aliphatic heterocycles. The van der Waals surface area contributed by atoms with Crippen LogP contribution in [0.1, 0.15) is 10.4 Å². The van der Waals surface area contributed by atoms with Crippen molar-refractivity contribution in [3.63, 3.8) is 0 Å². The fourth-order valence-corrected chi connectivity index (χ4v) is 2.76. The highest BCUT2D eigenvalue weighted by Crippen LogP contribution is 2.37. The number of alkyl halides is 3. The van der Waals surface area contributed by atoms with Gasteiger partial charge in [-0.15, -0.1) is 0 Å². The van der Waals surface area contributed by atoms with Gasteiger partial charge in [-0.1, -0.05) is 0 Å². The summed E-state index contributed by atoms with van der Waals surface area (Å²) >= 11 is 0. The number of likely N-dealkylation sites (tertiary alicyclic amines) is 1. The Morgan fingerprint density at radius 1 is 1.22 bits per heavy atom. The van der Waals surface area contributed by atoms with E-state index in [1.54, 1.807) is 0 Å². The van der Waals surface area contributed by atoms with Crippen molar-refractivity contribution in [1.29, 1.82) is 0 Å². The summed E-state index contributed by atoms with van der Waals surface area (Å²) in [4.78, 5) is 37.0. The van der Waals surface area contributed by atoms with Crippen LogP contribution in [0.25, 0.3) is 0 Å². The highest BCUT2D eigenvalue weighted by molar-refractivity contribution is 5.97. The molecule has 3 amide bonds. The summed E-state index contributed by atoms with van der Waals surface area (Å²) in [5.41, 5.74) is -0.329. The third-order valence-electron chi connectivity index (χ3n) is 4.20. The number of urea groups is 1. The van der Waals surface area contributed by atoms with Crippen LogP contribution < -0.4 is 5.32 Å². The number of hydrogen-bond acceptors (Lipinski definition) is 3. The van der Waals surface area contributed by atoms with Crippen LogP contribution >= 0.6 is 0 Å². The summed E-state index contributed by atoms with van der Waals surface area (Å²) in [6, 6.07) is 2.17. The van der Waals surface area contributed by atoms with Crippen molar-refractivity contribution in [2.24, 2.45) is 11.8 Å². The maximum absolute atomic E-state index is 13.8. The first-order valence-corrected chi connectivity index (χ1v) is 7.78. The molecule has 1 aromatic carbocycles. The molecule has 1 aliphatic rings. The molecule has 0 radical (unpaired) electrons. The van der Waals surface area contributed by atoms with Gasteiger partial charge in [0.15, 0.2) is 0 Å². The first-order chi connectivity index (χ1) is 12.4. The van der Waals surface area contributed by atoms with E-state index in [-0.39, 0.29) is 11.3 Å². The molecule has 0 saturated carbocycles. The lowest BCUT2D eigenvalue weighted by Gasteiger charge is -2.19. The van der Waals surface area contributed by atoms with Crippen LogP contribution in [-0.4, -0.2) is 66.2 Å². The summed E-state index contributed by atoms with van der Waals surface area (Å²) in [6.45, 7) is -1.42. The Bertz CT molecular complexity index is 767. The lowest BCUT2D eigenvalue weighted by atomic mass is 9.96. The fraction of sp³-hybridized carbons (Fsp3) is 0.438. The fourth-order valence-electron chi connectivity index (χ4n) is 2.76. The van der Waals surface area contributed by atoms with Gasteiger partial charge in [-0.25, -0.2) is 9.18 Å². The summed E-state index contributed by atoms with van der Waals surface area (Å²) in [5, 5.41) is 11.2. The van der Waals surface area contributed by atoms with E-state index in [4.69, 9.17) is 5.11 Å². The summed E-state index contributed by atoms with van der Waals surface area (Å²) in [5.74, 6) is -7.08. The van der Waals surface area contributed by atoms with Gasteiger partial charge >= 0.3 is 18.2 Å². The largest absolute Gasteiger partial charge is 0.481 e. The Balaban J connectivity index is 2.17. The van der Waals surface area contributed by atoms with E-state index in [0.717, 1.165) is 28.0 Å². The van der Waals surface area contributed by atoms with Gasteiger partial charge in [-0.05, 0) is 18.2 Å². The number of nitrogens with zero attached hydrogens (tertiary/aromatic N) is 2. The van der Waals surface area contributed by atoms with Crippen molar-refractivity contribution in [3.05, 3.63) is 29.6 Å². The van der Waals surface area contributed by atoms with Crippen LogP contribution in [-0.2, 0) is 4.79 Å². The van der Waals surface area contributed by atoms with Gasteiger partial charge in [0.2, 0.25) is 0 Å². The van der Waals surface area contributed by atoms with Gasteiger partial charge in [0, 0.05) is 32.9 Å². The third-order valence-corrected chi connectivity index (χ3v) is 4.20. The Kier molecular flexibility index (Phi) is 5.62. The lowest BCUT2D eigenvalue weighted by molar-refractivity contribution is -0.187. The Hall–Kier alpha value is -2.85. The predicted octanol–water partition coefficient (Wildman–Crippen LogP) is 2.25. The number of carboxylic acid groups (broad SMARTS) is 1. The van der Waals surface area contributed by atoms with Gasteiger partial charge in [0.25, 0.3) is 5.91 Å². The molecule has 2 N–H and O–H groups in total. The molecule has 0 unspecified atom stereocenters. The van der Waals surface area contributed by atoms with Crippen molar-refractivity contribution < 1.29 is 37.1 Å². The van der Waals surface area contributed by atoms with Gasteiger partial charge in [-0.2, -0.15) is 13.2 Å². The number of nitrogens with one attached hydrogen (secondary N) is 1. The number of hydrogen-bond donors (Lipinski definition) is 2. The number of benzene rings is 1. The van der Waals surface area contributed by atoms with Crippen LogP contribution in [0.15, 0.2) is 18.2 Å². The van der Waals surface area contributed by atoms with E-state index < -0.39 is 54.8 Å². The highest BCUT2D eigenvalue weighted by Gasteiger charge is 2.53. The number of anilines is 1. The van der Waals surface area contributed by atoms with E-state index in [0.29, 0.717) is 0 Å². The quantitative estimate of drug-likeness (QED) is 0.774. The molecule has 7 nitrogen and oxygen atoms in total. The number of halogens is 4. The van der Waals surface area contributed by atoms with Crippen LogP contribution in [0.5, 0.6) is 0 Å². The maximum atomic E-state index is 13.8. The minimum Gasteiger partial charge on any atom is -0.481 e. The van der Waals surface area contributed by atoms with Crippen LogP contribution in [0.3, 0.4) is 0 Å². The number of rotatable bonds is 3. The molecule has 0 spiro atoms. The molecular formula is C16H17F4N3O4. The molecule has 148 valence electrons. The van der Waals surface area contributed by atoms with Crippen LogP contribution in [0, 0.1) is 17.7 Å². The molecule has 1 aromatic rings. The van der Waals surface area contributed by atoms with E-state index in [1.807, 2.05) is 0 Å². The second-order valence-electron chi connectivity index (χ2n) is 6.32. The first-order valence-electron chi connectivity index (χ1n) is 7.78. The topological polar surface area (TPSA) is 90.0 Å². The van der Waals surface area contributed by atoms with Crippen molar-refractivity contribution in [3.8, 4) is 0 Å². The number of aliphatic carboxylic acids is 1. The summed E-state index contributed by atoms with van der Waals surface area (Å²) in [6.07, 6.45) is -4.76. The first kappa shape index (κ1) is 20.5. The van der Waals surface area contributed by atoms with E-state index in [2.05, 4.69) is 5.32 Å². The Morgan fingerprint density at radius 3 is 2.33 bits per heavy atom. The van der Waals surface area contributed by atoms with E-state index >= 15 is 0 Å². The Labute approximate surface area is 151 Å². The van der Waals surface area contributed by atoms with Crippen LogP contribution in [0.4, 0.5) is 28.0 Å². The van der Waals surface area contributed by atoms with Crippen molar-refractivity contribution >= 4 is 23.6 Å². The van der Waals surface area contributed by atoms with Gasteiger partial charge in [0.05, 0.1) is 17.4 Å². The molecule has 11 heteroatoms.